The Morgan fingerprint density at radius 3 is 2.12 bits per heavy atom. The molecule has 1 aliphatic heterocycles. The molecule has 1 fully saturated rings. The fraction of sp³-hybridized carbons (Fsp3) is 0.250. The molecule has 126 valence electrons. The Balaban J connectivity index is 2.19. The van der Waals surface area contributed by atoms with E-state index >= 15 is 0 Å². The van der Waals surface area contributed by atoms with Crippen LogP contribution in [0.5, 0.6) is 0 Å². The number of hydrogen-bond donors (Lipinski definition) is 1. The number of carbonyl (C=O) groups is 4. The highest BCUT2D eigenvalue weighted by Gasteiger charge is 2.30. The summed E-state index contributed by atoms with van der Waals surface area (Å²) >= 11 is 0. The number of carbonyl (C=O) groups excluding carboxylic acids is 4. The number of nitrogens with one attached hydrogen (secondary N) is 1. The van der Waals surface area contributed by atoms with E-state index < -0.39 is 11.9 Å². The van der Waals surface area contributed by atoms with E-state index in [2.05, 4.69) is 14.8 Å². The average Bonchev–Trinajstić information content (AvgIpc) is 2.92. The van der Waals surface area contributed by atoms with Crippen LogP contribution in [0.2, 0.25) is 0 Å². The summed E-state index contributed by atoms with van der Waals surface area (Å²) in [5.41, 5.74) is 0.813. The minimum Gasteiger partial charge on any atom is -0.466 e. The zero-order valence-electron chi connectivity index (χ0n) is 13.2. The Kier molecular flexibility index (Phi) is 5.31. The van der Waals surface area contributed by atoms with Gasteiger partial charge in [0.15, 0.2) is 0 Å². The second-order valence-electron chi connectivity index (χ2n) is 4.87. The molecular weight excluding hydrogens is 316 g/mol. The number of methoxy groups -OCH3 is 2. The number of imide groups is 1. The van der Waals surface area contributed by atoms with Gasteiger partial charge in [0.05, 0.1) is 26.0 Å². The lowest BCUT2D eigenvalue weighted by Crippen LogP contribution is -2.28. The molecule has 2 amide bonds. The fourth-order valence-corrected chi connectivity index (χ4v) is 2.15. The molecule has 0 unspecified atom stereocenters. The number of benzene rings is 1. The number of anilines is 2. The van der Waals surface area contributed by atoms with E-state index in [-0.39, 0.29) is 30.4 Å². The Bertz CT molecular complexity index is 692. The van der Waals surface area contributed by atoms with Crippen molar-refractivity contribution in [1.82, 2.24) is 0 Å². The lowest BCUT2D eigenvalue weighted by molar-refractivity contribution is -0.138. The Morgan fingerprint density at radius 2 is 1.62 bits per heavy atom. The maximum atomic E-state index is 11.7. The number of ether oxygens (including phenoxy) is 2. The third kappa shape index (κ3) is 3.78. The van der Waals surface area contributed by atoms with Crippen LogP contribution in [0.15, 0.2) is 36.0 Å². The summed E-state index contributed by atoms with van der Waals surface area (Å²) in [6.45, 7) is 0. The van der Waals surface area contributed by atoms with Crippen LogP contribution in [0.4, 0.5) is 11.4 Å². The normalized spacial score (nSPS) is 14.6. The molecule has 1 N–H and O–H groups in total. The third-order valence-electron chi connectivity index (χ3n) is 3.32. The van der Waals surface area contributed by atoms with Crippen molar-refractivity contribution in [1.29, 1.82) is 0 Å². The van der Waals surface area contributed by atoms with Crippen LogP contribution in [0.25, 0.3) is 0 Å². The molecule has 8 heteroatoms. The van der Waals surface area contributed by atoms with Gasteiger partial charge in [-0.3, -0.25) is 14.5 Å². The van der Waals surface area contributed by atoms with Gasteiger partial charge in [-0.2, -0.15) is 0 Å². The minimum absolute atomic E-state index is 0.106. The van der Waals surface area contributed by atoms with Gasteiger partial charge < -0.3 is 14.8 Å². The van der Waals surface area contributed by atoms with Gasteiger partial charge >= 0.3 is 11.9 Å². The van der Waals surface area contributed by atoms with E-state index in [4.69, 9.17) is 0 Å². The van der Waals surface area contributed by atoms with Crippen LogP contribution in [-0.2, 0) is 28.7 Å². The van der Waals surface area contributed by atoms with Gasteiger partial charge in [-0.1, -0.05) is 0 Å². The smallest absolute Gasteiger partial charge is 0.354 e. The van der Waals surface area contributed by atoms with Crippen LogP contribution < -0.4 is 10.2 Å². The molecule has 0 bridgehead atoms. The number of rotatable bonds is 5. The van der Waals surface area contributed by atoms with Crippen LogP contribution in [0.3, 0.4) is 0 Å². The Hall–Kier alpha value is -3.16. The standard InChI is InChI=1S/C16H16N2O6/c1-23-15(21)9-12(16(22)24-2)17-10-3-5-11(6-4-10)18-13(19)7-8-14(18)20/h3-6,9,17H,7-8H2,1-2H3/b12-9+. The van der Waals surface area contributed by atoms with Crippen molar-refractivity contribution >= 4 is 35.1 Å². The number of hydrogen-bond acceptors (Lipinski definition) is 7. The molecule has 0 spiro atoms. The van der Waals surface area contributed by atoms with Gasteiger partial charge in [-0.15, -0.1) is 0 Å². The van der Waals surface area contributed by atoms with E-state index in [0.717, 1.165) is 11.0 Å². The third-order valence-corrected chi connectivity index (χ3v) is 3.32. The first-order valence-electron chi connectivity index (χ1n) is 7.07. The van der Waals surface area contributed by atoms with Crippen LogP contribution in [-0.4, -0.2) is 38.0 Å². The summed E-state index contributed by atoms with van der Waals surface area (Å²) < 4.78 is 9.07. The summed E-state index contributed by atoms with van der Waals surface area (Å²) in [4.78, 5) is 47.5. The second kappa shape index (κ2) is 7.40. The summed E-state index contributed by atoms with van der Waals surface area (Å²) in [6, 6.07) is 6.28. The lowest BCUT2D eigenvalue weighted by Gasteiger charge is -2.15. The molecule has 0 aromatic heterocycles. The monoisotopic (exact) mass is 332 g/mol. The topological polar surface area (TPSA) is 102 Å². The average molecular weight is 332 g/mol. The molecule has 1 aliphatic rings. The molecule has 1 aromatic rings. The Morgan fingerprint density at radius 1 is 1.04 bits per heavy atom. The van der Waals surface area contributed by atoms with Crippen molar-refractivity contribution < 1.29 is 28.7 Å². The highest BCUT2D eigenvalue weighted by atomic mass is 16.5. The SMILES string of the molecule is COC(=O)/C=C(/Nc1ccc(N2C(=O)CCC2=O)cc1)C(=O)OC. The molecule has 0 atom stereocenters. The van der Waals surface area contributed by atoms with E-state index in [1.165, 1.54) is 14.2 Å². The quantitative estimate of drug-likeness (QED) is 0.487. The van der Waals surface area contributed by atoms with E-state index in [9.17, 15) is 19.2 Å². The number of esters is 2. The van der Waals surface area contributed by atoms with Gasteiger partial charge in [0, 0.05) is 18.5 Å². The molecule has 8 nitrogen and oxygen atoms in total. The highest BCUT2D eigenvalue weighted by molar-refractivity contribution is 6.19. The van der Waals surface area contributed by atoms with E-state index in [1.807, 2.05) is 0 Å². The molecule has 1 saturated heterocycles. The van der Waals surface area contributed by atoms with Crippen molar-refractivity contribution in [3.8, 4) is 0 Å². The summed E-state index contributed by atoms with van der Waals surface area (Å²) in [7, 11) is 2.37. The first kappa shape index (κ1) is 17.2. The maximum Gasteiger partial charge on any atom is 0.354 e. The van der Waals surface area contributed by atoms with Crippen LogP contribution >= 0.6 is 0 Å². The highest BCUT2D eigenvalue weighted by Crippen LogP contribution is 2.24. The maximum absolute atomic E-state index is 11.7. The molecule has 24 heavy (non-hydrogen) atoms. The summed E-state index contributed by atoms with van der Waals surface area (Å²) in [5, 5.41) is 2.73. The molecule has 1 aromatic carbocycles. The molecule has 1 heterocycles. The Labute approximate surface area is 138 Å². The van der Waals surface area contributed by atoms with Gasteiger partial charge in [-0.25, -0.2) is 9.59 Å². The first-order valence-corrected chi connectivity index (χ1v) is 7.07. The minimum atomic E-state index is -0.741. The molecule has 0 radical (unpaired) electrons. The van der Waals surface area contributed by atoms with Crippen molar-refractivity contribution in [2.45, 2.75) is 12.8 Å². The van der Waals surface area contributed by atoms with Gasteiger partial charge in [0.1, 0.15) is 5.70 Å². The predicted molar refractivity (Wildman–Crippen MR) is 83.9 cm³/mol. The summed E-state index contributed by atoms with van der Waals surface area (Å²) in [5.74, 6) is -1.95. The van der Waals surface area contributed by atoms with Gasteiger partial charge in [0.2, 0.25) is 11.8 Å². The fourth-order valence-electron chi connectivity index (χ4n) is 2.15. The largest absolute Gasteiger partial charge is 0.466 e. The van der Waals surface area contributed by atoms with E-state index in [0.29, 0.717) is 11.4 Å². The van der Waals surface area contributed by atoms with Crippen molar-refractivity contribution in [2.24, 2.45) is 0 Å². The van der Waals surface area contributed by atoms with Crippen LogP contribution in [0.1, 0.15) is 12.8 Å². The zero-order chi connectivity index (χ0) is 17.7. The van der Waals surface area contributed by atoms with Gasteiger partial charge in [-0.05, 0) is 24.3 Å². The number of amides is 2. The molecular formula is C16H16N2O6. The zero-order valence-corrected chi connectivity index (χ0v) is 13.2. The molecule has 2 rings (SSSR count). The predicted octanol–water partition coefficient (Wildman–Crippen LogP) is 0.982. The van der Waals surface area contributed by atoms with Crippen LogP contribution in [0, 0.1) is 0 Å². The van der Waals surface area contributed by atoms with Crippen molar-refractivity contribution in [2.75, 3.05) is 24.4 Å². The lowest BCUT2D eigenvalue weighted by atomic mass is 10.2. The molecule has 0 saturated carbocycles. The van der Waals surface area contributed by atoms with E-state index in [1.54, 1.807) is 24.3 Å². The van der Waals surface area contributed by atoms with Gasteiger partial charge in [0.25, 0.3) is 0 Å². The number of nitrogens with zero attached hydrogens (tertiary/aromatic N) is 1. The first-order chi connectivity index (χ1) is 11.5. The molecule has 0 aliphatic carbocycles. The second-order valence-corrected chi connectivity index (χ2v) is 4.87. The van der Waals surface area contributed by atoms with Crippen molar-refractivity contribution in [3.63, 3.8) is 0 Å². The summed E-state index contributed by atoms with van der Waals surface area (Å²) in [6.07, 6.45) is 1.37. The van der Waals surface area contributed by atoms with Crippen molar-refractivity contribution in [3.05, 3.63) is 36.0 Å².